The number of hydrogen-bond donors (Lipinski definition) is 2. The van der Waals surface area contributed by atoms with Crippen molar-refractivity contribution in [1.29, 1.82) is 0 Å². The van der Waals surface area contributed by atoms with E-state index in [9.17, 15) is 9.18 Å². The van der Waals surface area contributed by atoms with E-state index in [4.69, 9.17) is 4.74 Å². The fourth-order valence-corrected chi connectivity index (χ4v) is 6.34. The lowest BCUT2D eigenvalue weighted by molar-refractivity contribution is 0.0713. The molecule has 3 aromatic rings. The van der Waals surface area contributed by atoms with Gasteiger partial charge in [-0.3, -0.25) is 4.79 Å². The standard InChI is InChI=1S/C30H35FN6O2/c1-4-37(19(2)3)29(38)23-10-21(31)8-9-26(23)39-27-15-33-18-34-28(27)36-16-30(17-36)11-22(12-30)35-25-7-5-6-20-13-32-14-24(20)25/h5-10,15,18-19,22,32,35H,4,11-14,16-17H2,1-3H3. The Morgan fingerprint density at radius 3 is 2.82 bits per heavy atom. The van der Waals surface area contributed by atoms with Gasteiger partial charge in [-0.2, -0.15) is 0 Å². The molecule has 0 bridgehead atoms. The lowest BCUT2D eigenvalue weighted by atomic mass is 9.60. The van der Waals surface area contributed by atoms with E-state index in [1.54, 1.807) is 11.1 Å². The van der Waals surface area contributed by atoms with Crippen LogP contribution in [-0.4, -0.2) is 52.5 Å². The van der Waals surface area contributed by atoms with Crippen LogP contribution < -0.4 is 20.3 Å². The Balaban J connectivity index is 1.13. The van der Waals surface area contributed by atoms with Crippen molar-refractivity contribution in [3.8, 4) is 11.5 Å². The van der Waals surface area contributed by atoms with E-state index in [1.807, 2.05) is 20.8 Å². The number of fused-ring (bicyclic) bond motifs is 1. The van der Waals surface area contributed by atoms with Crippen LogP contribution in [0, 0.1) is 11.2 Å². The molecule has 204 valence electrons. The average molecular weight is 531 g/mol. The molecule has 2 N–H and O–H groups in total. The Kier molecular flexibility index (Phi) is 6.62. The highest BCUT2D eigenvalue weighted by Crippen LogP contribution is 2.51. The number of nitrogens with zero attached hydrogens (tertiary/aromatic N) is 4. The predicted molar refractivity (Wildman–Crippen MR) is 149 cm³/mol. The van der Waals surface area contributed by atoms with E-state index in [1.165, 1.54) is 41.3 Å². The Labute approximate surface area is 228 Å². The predicted octanol–water partition coefficient (Wildman–Crippen LogP) is 4.96. The molecule has 2 fully saturated rings. The third kappa shape index (κ3) is 4.80. The maximum absolute atomic E-state index is 14.2. The Hall–Kier alpha value is -3.72. The third-order valence-corrected chi connectivity index (χ3v) is 8.24. The van der Waals surface area contributed by atoms with Gasteiger partial charge < -0.3 is 25.2 Å². The molecule has 1 amide bonds. The van der Waals surface area contributed by atoms with Gasteiger partial charge in [0.15, 0.2) is 11.6 Å². The summed E-state index contributed by atoms with van der Waals surface area (Å²) in [4.78, 5) is 25.8. The fraction of sp³-hybridized carbons (Fsp3) is 0.433. The summed E-state index contributed by atoms with van der Waals surface area (Å²) in [6.07, 6.45) is 5.35. The molecule has 8 nitrogen and oxygen atoms in total. The lowest BCUT2D eigenvalue weighted by Crippen LogP contribution is -2.65. The topological polar surface area (TPSA) is 82.6 Å². The number of amides is 1. The average Bonchev–Trinajstić information content (AvgIpc) is 3.36. The van der Waals surface area contributed by atoms with Crippen molar-refractivity contribution in [3.05, 3.63) is 71.4 Å². The summed E-state index contributed by atoms with van der Waals surface area (Å²) in [7, 11) is 0. The number of ether oxygens (including phenoxy) is 1. The van der Waals surface area contributed by atoms with E-state index in [2.05, 4.69) is 43.7 Å². The molecule has 1 aliphatic carbocycles. The first-order valence-corrected chi connectivity index (χ1v) is 13.8. The summed E-state index contributed by atoms with van der Waals surface area (Å²) >= 11 is 0. The van der Waals surface area contributed by atoms with Crippen LogP contribution in [0.2, 0.25) is 0 Å². The molecule has 39 heavy (non-hydrogen) atoms. The SMILES string of the molecule is CCN(C(=O)c1cc(F)ccc1Oc1cncnc1N1CC2(CC(Nc3cccc4c3CNC4)C2)C1)C(C)C. The number of benzene rings is 2. The monoisotopic (exact) mass is 530 g/mol. The summed E-state index contributed by atoms with van der Waals surface area (Å²) in [5.41, 5.74) is 4.49. The molecule has 3 heterocycles. The third-order valence-electron chi connectivity index (χ3n) is 8.24. The molecule has 0 radical (unpaired) electrons. The first kappa shape index (κ1) is 25.6. The second-order valence-electron chi connectivity index (χ2n) is 11.3. The minimum atomic E-state index is -0.482. The van der Waals surface area contributed by atoms with E-state index >= 15 is 0 Å². The van der Waals surface area contributed by atoms with E-state index in [0.29, 0.717) is 29.9 Å². The molecule has 1 aromatic heterocycles. The number of aromatic nitrogens is 2. The zero-order valence-corrected chi connectivity index (χ0v) is 22.7. The van der Waals surface area contributed by atoms with Gasteiger partial charge in [0, 0.05) is 55.9 Å². The van der Waals surface area contributed by atoms with Crippen molar-refractivity contribution in [2.75, 3.05) is 29.9 Å². The minimum Gasteiger partial charge on any atom is -0.451 e. The summed E-state index contributed by atoms with van der Waals surface area (Å²) in [5.74, 6) is 0.699. The highest BCUT2D eigenvalue weighted by atomic mass is 19.1. The first-order chi connectivity index (χ1) is 18.9. The fourth-order valence-electron chi connectivity index (χ4n) is 6.34. The normalized spacial score (nSPS) is 17.5. The van der Waals surface area contributed by atoms with Gasteiger partial charge in [0.25, 0.3) is 5.91 Å². The van der Waals surface area contributed by atoms with Crippen LogP contribution >= 0.6 is 0 Å². The number of carbonyl (C=O) groups excluding carboxylic acids is 1. The van der Waals surface area contributed by atoms with Crippen LogP contribution in [0.25, 0.3) is 0 Å². The molecular weight excluding hydrogens is 495 g/mol. The van der Waals surface area contributed by atoms with E-state index in [0.717, 1.165) is 39.0 Å². The van der Waals surface area contributed by atoms with Crippen LogP contribution in [0.1, 0.15) is 55.1 Å². The van der Waals surface area contributed by atoms with Crippen molar-refractivity contribution in [1.82, 2.24) is 20.2 Å². The number of carbonyl (C=O) groups is 1. The van der Waals surface area contributed by atoms with Crippen molar-refractivity contribution in [2.45, 2.75) is 58.8 Å². The smallest absolute Gasteiger partial charge is 0.257 e. The molecule has 9 heteroatoms. The number of nitrogens with one attached hydrogen (secondary N) is 2. The van der Waals surface area contributed by atoms with Gasteiger partial charge in [0.1, 0.15) is 17.9 Å². The summed E-state index contributed by atoms with van der Waals surface area (Å²) < 4.78 is 20.4. The second-order valence-corrected chi connectivity index (χ2v) is 11.3. The van der Waals surface area contributed by atoms with Gasteiger partial charge in [-0.1, -0.05) is 12.1 Å². The van der Waals surface area contributed by atoms with Crippen LogP contribution in [-0.2, 0) is 13.1 Å². The van der Waals surface area contributed by atoms with E-state index in [-0.39, 0.29) is 22.9 Å². The minimum absolute atomic E-state index is 0.0215. The lowest BCUT2D eigenvalue weighted by Gasteiger charge is -2.59. The van der Waals surface area contributed by atoms with Crippen molar-refractivity contribution in [2.24, 2.45) is 5.41 Å². The Morgan fingerprint density at radius 1 is 1.23 bits per heavy atom. The maximum Gasteiger partial charge on any atom is 0.257 e. The van der Waals surface area contributed by atoms with Crippen LogP contribution in [0.3, 0.4) is 0 Å². The Bertz CT molecular complexity index is 1380. The zero-order valence-electron chi connectivity index (χ0n) is 22.7. The quantitative estimate of drug-likeness (QED) is 0.426. The molecule has 0 unspecified atom stereocenters. The van der Waals surface area contributed by atoms with Crippen molar-refractivity contribution < 1.29 is 13.9 Å². The maximum atomic E-state index is 14.2. The van der Waals surface area contributed by atoms with Gasteiger partial charge in [-0.15, -0.1) is 0 Å². The van der Waals surface area contributed by atoms with Gasteiger partial charge in [0.05, 0.1) is 11.8 Å². The second kappa shape index (κ2) is 10.1. The molecule has 1 saturated carbocycles. The number of halogens is 1. The number of rotatable bonds is 8. The van der Waals surface area contributed by atoms with Crippen LogP contribution in [0.15, 0.2) is 48.9 Å². The van der Waals surface area contributed by atoms with Gasteiger partial charge >= 0.3 is 0 Å². The largest absolute Gasteiger partial charge is 0.451 e. The summed E-state index contributed by atoms with van der Waals surface area (Å²) in [5, 5.41) is 7.21. The molecule has 3 aliphatic rings. The molecule has 1 spiro atoms. The molecule has 0 atom stereocenters. The number of anilines is 2. The van der Waals surface area contributed by atoms with Crippen LogP contribution in [0.4, 0.5) is 15.9 Å². The first-order valence-electron chi connectivity index (χ1n) is 13.8. The summed E-state index contributed by atoms with van der Waals surface area (Å²) in [6.45, 7) is 9.95. The van der Waals surface area contributed by atoms with Crippen LogP contribution in [0.5, 0.6) is 11.5 Å². The van der Waals surface area contributed by atoms with Gasteiger partial charge in [-0.25, -0.2) is 14.4 Å². The van der Waals surface area contributed by atoms with Gasteiger partial charge in [-0.05, 0) is 69.0 Å². The van der Waals surface area contributed by atoms with Crippen molar-refractivity contribution in [3.63, 3.8) is 0 Å². The highest BCUT2D eigenvalue weighted by Gasteiger charge is 2.53. The van der Waals surface area contributed by atoms with E-state index < -0.39 is 5.82 Å². The number of hydrogen-bond acceptors (Lipinski definition) is 7. The molecule has 6 rings (SSSR count). The van der Waals surface area contributed by atoms with Gasteiger partial charge in [0.2, 0.25) is 0 Å². The molecule has 1 saturated heterocycles. The summed E-state index contributed by atoms with van der Waals surface area (Å²) in [6, 6.07) is 11.0. The zero-order chi connectivity index (χ0) is 27.1. The Morgan fingerprint density at radius 2 is 2.05 bits per heavy atom. The molecule has 2 aromatic carbocycles. The molecular formula is C30H35FN6O2. The van der Waals surface area contributed by atoms with Crippen molar-refractivity contribution >= 4 is 17.4 Å². The molecule has 2 aliphatic heterocycles. The highest BCUT2D eigenvalue weighted by molar-refractivity contribution is 5.97.